The molecular weight excluding hydrogens is 238 g/mol. The number of likely N-dealkylation sites (N-methyl/N-ethyl adjacent to an activating group) is 2. The molecule has 2 atom stereocenters. The summed E-state index contributed by atoms with van der Waals surface area (Å²) in [6.45, 7) is 9.35. The highest BCUT2D eigenvalue weighted by Gasteiger charge is 2.27. The summed E-state index contributed by atoms with van der Waals surface area (Å²) in [4.78, 5) is 6.66. The van der Waals surface area contributed by atoms with Crippen LogP contribution in [0.2, 0.25) is 0 Å². The third-order valence-corrected chi connectivity index (χ3v) is 3.72. The van der Waals surface area contributed by atoms with Crippen molar-refractivity contribution in [2.45, 2.75) is 32.4 Å². The monoisotopic (exact) mass is 263 g/mol. The van der Waals surface area contributed by atoms with Gasteiger partial charge in [-0.15, -0.1) is 0 Å². The van der Waals surface area contributed by atoms with Crippen LogP contribution in [0.3, 0.4) is 0 Å². The lowest BCUT2D eigenvalue weighted by Crippen LogP contribution is -2.53. The summed E-state index contributed by atoms with van der Waals surface area (Å²) in [5.41, 5.74) is 1.27. The SMILES string of the molecule is CCNC(Cc1cccnc1)C1CN(CC)CCO1. The topological polar surface area (TPSA) is 37.4 Å². The summed E-state index contributed by atoms with van der Waals surface area (Å²) in [7, 11) is 0. The Bertz CT molecular complexity index is 358. The highest BCUT2D eigenvalue weighted by Crippen LogP contribution is 2.13. The first kappa shape index (κ1) is 14.4. The third kappa shape index (κ3) is 4.27. The zero-order valence-electron chi connectivity index (χ0n) is 12.0. The van der Waals surface area contributed by atoms with Gasteiger partial charge in [-0.2, -0.15) is 0 Å². The molecule has 1 aliphatic heterocycles. The molecule has 0 aromatic carbocycles. The summed E-state index contributed by atoms with van der Waals surface area (Å²) in [5.74, 6) is 0. The summed E-state index contributed by atoms with van der Waals surface area (Å²) < 4.78 is 5.97. The molecule has 0 saturated carbocycles. The Labute approximate surface area is 116 Å². The Morgan fingerprint density at radius 2 is 2.42 bits per heavy atom. The smallest absolute Gasteiger partial charge is 0.0858 e. The van der Waals surface area contributed by atoms with Crippen LogP contribution in [0.1, 0.15) is 19.4 Å². The van der Waals surface area contributed by atoms with Gasteiger partial charge in [0.15, 0.2) is 0 Å². The van der Waals surface area contributed by atoms with E-state index < -0.39 is 0 Å². The van der Waals surface area contributed by atoms with Crippen molar-refractivity contribution in [3.63, 3.8) is 0 Å². The second kappa shape index (κ2) is 7.58. The number of nitrogens with zero attached hydrogens (tertiary/aromatic N) is 2. The maximum Gasteiger partial charge on any atom is 0.0858 e. The Morgan fingerprint density at radius 3 is 3.11 bits per heavy atom. The van der Waals surface area contributed by atoms with Gasteiger partial charge in [0.2, 0.25) is 0 Å². The Kier molecular flexibility index (Phi) is 5.76. The number of pyridine rings is 1. The molecule has 2 unspecified atom stereocenters. The fourth-order valence-corrected chi connectivity index (χ4v) is 2.63. The number of morpholine rings is 1. The van der Waals surface area contributed by atoms with Crippen LogP contribution in [0.15, 0.2) is 24.5 Å². The minimum absolute atomic E-state index is 0.272. The molecule has 2 heterocycles. The van der Waals surface area contributed by atoms with Crippen LogP contribution < -0.4 is 5.32 Å². The van der Waals surface area contributed by atoms with Crippen molar-refractivity contribution in [1.82, 2.24) is 15.2 Å². The molecule has 1 N–H and O–H groups in total. The molecule has 2 rings (SSSR count). The quantitative estimate of drug-likeness (QED) is 0.840. The Morgan fingerprint density at radius 1 is 1.53 bits per heavy atom. The van der Waals surface area contributed by atoms with Crippen LogP contribution in [-0.4, -0.2) is 54.8 Å². The van der Waals surface area contributed by atoms with E-state index in [4.69, 9.17) is 4.74 Å². The first-order valence-electron chi connectivity index (χ1n) is 7.29. The minimum atomic E-state index is 0.272. The average molecular weight is 263 g/mol. The Balaban J connectivity index is 1.98. The van der Waals surface area contributed by atoms with E-state index in [-0.39, 0.29) is 6.10 Å². The Hall–Kier alpha value is -0.970. The molecule has 0 amide bonds. The van der Waals surface area contributed by atoms with Crippen LogP contribution >= 0.6 is 0 Å². The van der Waals surface area contributed by atoms with E-state index in [1.165, 1.54) is 5.56 Å². The number of aromatic nitrogens is 1. The van der Waals surface area contributed by atoms with Gasteiger partial charge in [0.1, 0.15) is 0 Å². The van der Waals surface area contributed by atoms with E-state index in [0.29, 0.717) is 6.04 Å². The first-order chi connectivity index (χ1) is 9.33. The van der Waals surface area contributed by atoms with Gasteiger partial charge in [0, 0.05) is 31.5 Å². The number of hydrogen-bond donors (Lipinski definition) is 1. The van der Waals surface area contributed by atoms with Crippen molar-refractivity contribution in [1.29, 1.82) is 0 Å². The summed E-state index contributed by atoms with van der Waals surface area (Å²) in [6.07, 6.45) is 5.02. The van der Waals surface area contributed by atoms with E-state index in [1.807, 2.05) is 18.5 Å². The van der Waals surface area contributed by atoms with Crippen LogP contribution in [0.25, 0.3) is 0 Å². The fourth-order valence-electron chi connectivity index (χ4n) is 2.63. The molecule has 0 spiro atoms. The largest absolute Gasteiger partial charge is 0.374 e. The molecule has 0 radical (unpaired) electrons. The predicted molar refractivity (Wildman–Crippen MR) is 77.3 cm³/mol. The van der Waals surface area contributed by atoms with Crippen molar-refractivity contribution >= 4 is 0 Å². The van der Waals surface area contributed by atoms with E-state index in [2.05, 4.69) is 35.1 Å². The molecule has 4 nitrogen and oxygen atoms in total. The van der Waals surface area contributed by atoms with Gasteiger partial charge in [-0.25, -0.2) is 0 Å². The van der Waals surface area contributed by atoms with Crippen LogP contribution in [-0.2, 0) is 11.2 Å². The highest BCUT2D eigenvalue weighted by atomic mass is 16.5. The number of nitrogens with one attached hydrogen (secondary N) is 1. The number of ether oxygens (including phenoxy) is 1. The predicted octanol–water partition coefficient (Wildman–Crippen LogP) is 1.32. The molecule has 1 saturated heterocycles. The second-order valence-electron chi connectivity index (χ2n) is 5.03. The molecule has 1 aromatic rings. The van der Waals surface area contributed by atoms with Crippen molar-refractivity contribution < 1.29 is 4.74 Å². The van der Waals surface area contributed by atoms with Gasteiger partial charge in [-0.1, -0.05) is 19.9 Å². The summed E-state index contributed by atoms with van der Waals surface area (Å²) in [6, 6.07) is 4.50. The second-order valence-corrected chi connectivity index (χ2v) is 5.03. The van der Waals surface area contributed by atoms with E-state index in [1.54, 1.807) is 0 Å². The molecule has 1 aromatic heterocycles. The fraction of sp³-hybridized carbons (Fsp3) is 0.667. The molecule has 106 valence electrons. The van der Waals surface area contributed by atoms with Crippen LogP contribution in [0.5, 0.6) is 0 Å². The van der Waals surface area contributed by atoms with Gasteiger partial charge < -0.3 is 10.1 Å². The lowest BCUT2D eigenvalue weighted by molar-refractivity contribution is -0.0445. The van der Waals surface area contributed by atoms with Gasteiger partial charge >= 0.3 is 0 Å². The number of rotatable bonds is 6. The zero-order valence-corrected chi connectivity index (χ0v) is 12.0. The van der Waals surface area contributed by atoms with Crippen molar-refractivity contribution in [3.05, 3.63) is 30.1 Å². The molecule has 1 fully saturated rings. The molecule has 0 aliphatic carbocycles. The molecule has 0 bridgehead atoms. The van der Waals surface area contributed by atoms with E-state index in [9.17, 15) is 0 Å². The molecule has 19 heavy (non-hydrogen) atoms. The highest BCUT2D eigenvalue weighted by molar-refractivity contribution is 5.11. The maximum atomic E-state index is 5.97. The standard InChI is InChI=1S/C15H25N3O/c1-3-17-14(10-13-6-5-7-16-11-13)15-12-18(4-2)8-9-19-15/h5-7,11,14-15,17H,3-4,8-10,12H2,1-2H3. The van der Waals surface area contributed by atoms with Crippen LogP contribution in [0, 0.1) is 0 Å². The van der Waals surface area contributed by atoms with Crippen molar-refractivity contribution in [2.24, 2.45) is 0 Å². The maximum absolute atomic E-state index is 5.97. The van der Waals surface area contributed by atoms with Gasteiger partial charge in [0.25, 0.3) is 0 Å². The zero-order chi connectivity index (χ0) is 13.5. The van der Waals surface area contributed by atoms with Crippen LogP contribution in [0.4, 0.5) is 0 Å². The summed E-state index contributed by atoms with van der Waals surface area (Å²) in [5, 5.41) is 3.57. The molecule has 1 aliphatic rings. The van der Waals surface area contributed by atoms with E-state index in [0.717, 1.165) is 39.2 Å². The lowest BCUT2D eigenvalue weighted by atomic mass is 10.0. The van der Waals surface area contributed by atoms with Gasteiger partial charge in [0.05, 0.1) is 12.7 Å². The number of hydrogen-bond acceptors (Lipinski definition) is 4. The first-order valence-corrected chi connectivity index (χ1v) is 7.29. The minimum Gasteiger partial charge on any atom is -0.374 e. The molecule has 4 heteroatoms. The lowest BCUT2D eigenvalue weighted by Gasteiger charge is -2.37. The third-order valence-electron chi connectivity index (χ3n) is 3.72. The normalized spacial score (nSPS) is 22.3. The van der Waals surface area contributed by atoms with Crippen molar-refractivity contribution in [2.75, 3.05) is 32.8 Å². The van der Waals surface area contributed by atoms with Gasteiger partial charge in [-0.3, -0.25) is 9.88 Å². The molecular formula is C15H25N3O. The average Bonchev–Trinajstić information content (AvgIpc) is 2.48. The van der Waals surface area contributed by atoms with Gasteiger partial charge in [-0.05, 0) is 31.1 Å². The van der Waals surface area contributed by atoms with E-state index >= 15 is 0 Å². The summed E-state index contributed by atoms with van der Waals surface area (Å²) >= 11 is 0. The van der Waals surface area contributed by atoms with Crippen molar-refractivity contribution in [3.8, 4) is 0 Å².